The Kier molecular flexibility index (Phi) is 3.94. The summed E-state index contributed by atoms with van der Waals surface area (Å²) in [5, 5.41) is 14.6. The molecular weight excluding hydrogens is 302 g/mol. The molecule has 0 radical (unpaired) electrons. The molecule has 2 amide bonds. The van der Waals surface area contributed by atoms with Gasteiger partial charge in [0.1, 0.15) is 0 Å². The number of carbonyl (C=O) groups excluding carboxylic acids is 1. The topological polar surface area (TPSA) is 87.7 Å². The fourth-order valence-corrected chi connectivity index (χ4v) is 6.38. The smallest absolute Gasteiger partial charge is 0.332 e. The lowest BCUT2D eigenvalue weighted by atomic mass is 9.52. The van der Waals surface area contributed by atoms with Crippen molar-refractivity contribution in [3.05, 3.63) is 11.6 Å². The fraction of sp³-hybridized carbons (Fsp3) is 0.789. The van der Waals surface area contributed by atoms with Gasteiger partial charge in [-0.15, -0.1) is 0 Å². The van der Waals surface area contributed by atoms with Gasteiger partial charge in [0, 0.05) is 0 Å². The minimum Gasteiger partial charge on any atom is -0.393 e. The van der Waals surface area contributed by atoms with Crippen molar-refractivity contribution >= 4 is 11.7 Å². The van der Waals surface area contributed by atoms with Gasteiger partial charge < -0.3 is 10.8 Å². The molecule has 0 aromatic heterocycles. The first-order valence-electron chi connectivity index (χ1n) is 9.49. The maximum atomic E-state index is 10.8. The Bertz CT molecular complexity index is 599. The van der Waals surface area contributed by atoms with Gasteiger partial charge in [-0.3, -0.25) is 0 Å². The monoisotopic (exact) mass is 331 g/mol. The van der Waals surface area contributed by atoms with E-state index < -0.39 is 6.03 Å². The van der Waals surface area contributed by atoms with E-state index in [0.717, 1.165) is 43.2 Å². The summed E-state index contributed by atoms with van der Waals surface area (Å²) in [4.78, 5) is 10.8. The second kappa shape index (κ2) is 5.87. The molecule has 4 N–H and O–H groups in total. The van der Waals surface area contributed by atoms with E-state index in [2.05, 4.69) is 23.5 Å². The number of aliphatic hydroxyl groups excluding tert-OH is 1. The van der Waals surface area contributed by atoms with Crippen molar-refractivity contribution in [1.29, 1.82) is 0 Å². The number of nitrogens with zero attached hydrogens (tertiary/aromatic N) is 1. The summed E-state index contributed by atoms with van der Waals surface area (Å²) in [6, 6.07) is -0.599. The van der Waals surface area contributed by atoms with Crippen LogP contribution in [-0.2, 0) is 0 Å². The van der Waals surface area contributed by atoms with Gasteiger partial charge >= 0.3 is 6.03 Å². The van der Waals surface area contributed by atoms with Crippen molar-refractivity contribution in [3.8, 4) is 0 Å². The number of carbonyl (C=O) groups is 1. The molecule has 4 rings (SSSR count). The van der Waals surface area contributed by atoms with Gasteiger partial charge in [-0.2, -0.15) is 5.10 Å². The molecule has 0 heterocycles. The standard InChI is InChI=1S/C19H29N3O2/c1-19-9-8-14-13-5-3-12(21-22-18(20)24)10-11(13)2-4-15(14)16(19)6-7-17(19)23/h10,13-17,23H,2-9H2,1H3,(H3,20,22,24)/b21-12+/t13-,14+,15+,16-,17-,19-/m0/s1. The van der Waals surface area contributed by atoms with Crippen LogP contribution in [0.2, 0.25) is 0 Å². The summed E-state index contributed by atoms with van der Waals surface area (Å²) in [5.74, 6) is 2.95. The highest BCUT2D eigenvalue weighted by Crippen LogP contribution is 2.61. The van der Waals surface area contributed by atoms with Crippen molar-refractivity contribution in [3.63, 3.8) is 0 Å². The highest BCUT2D eigenvalue weighted by atomic mass is 16.3. The Balaban J connectivity index is 1.53. The van der Waals surface area contributed by atoms with Crippen molar-refractivity contribution < 1.29 is 9.90 Å². The van der Waals surface area contributed by atoms with E-state index >= 15 is 0 Å². The van der Waals surface area contributed by atoms with Crippen molar-refractivity contribution in [1.82, 2.24) is 5.43 Å². The fourth-order valence-electron chi connectivity index (χ4n) is 6.38. The van der Waals surface area contributed by atoms with Gasteiger partial charge in [0.05, 0.1) is 11.8 Å². The average molecular weight is 331 g/mol. The summed E-state index contributed by atoms with van der Waals surface area (Å²) >= 11 is 0. The Labute approximate surface area is 143 Å². The highest BCUT2D eigenvalue weighted by molar-refractivity contribution is 5.97. The molecule has 0 unspecified atom stereocenters. The van der Waals surface area contributed by atoms with Crippen LogP contribution in [0.5, 0.6) is 0 Å². The predicted octanol–water partition coefficient (Wildman–Crippen LogP) is 2.94. The molecule has 0 saturated heterocycles. The molecule has 24 heavy (non-hydrogen) atoms. The number of rotatable bonds is 1. The first-order valence-corrected chi connectivity index (χ1v) is 9.49. The molecule has 6 atom stereocenters. The van der Waals surface area contributed by atoms with Crippen LogP contribution in [-0.4, -0.2) is 23.0 Å². The quantitative estimate of drug-likeness (QED) is 0.645. The number of hydrogen-bond acceptors (Lipinski definition) is 3. The summed E-state index contributed by atoms with van der Waals surface area (Å²) in [5.41, 5.74) is 10.1. The summed E-state index contributed by atoms with van der Waals surface area (Å²) in [7, 11) is 0. The zero-order valence-corrected chi connectivity index (χ0v) is 14.5. The summed E-state index contributed by atoms with van der Waals surface area (Å²) in [6.45, 7) is 2.33. The summed E-state index contributed by atoms with van der Waals surface area (Å²) < 4.78 is 0. The zero-order valence-electron chi connectivity index (χ0n) is 14.5. The first-order chi connectivity index (χ1) is 11.5. The zero-order chi connectivity index (χ0) is 16.9. The van der Waals surface area contributed by atoms with Crippen LogP contribution in [0, 0.1) is 29.1 Å². The van der Waals surface area contributed by atoms with Gasteiger partial charge in [-0.1, -0.05) is 12.5 Å². The molecule has 3 saturated carbocycles. The molecule has 132 valence electrons. The van der Waals surface area contributed by atoms with E-state index in [1.54, 1.807) is 0 Å². The van der Waals surface area contributed by atoms with Crippen LogP contribution >= 0.6 is 0 Å². The lowest BCUT2D eigenvalue weighted by molar-refractivity contribution is -0.0525. The lowest BCUT2D eigenvalue weighted by Gasteiger charge is -2.53. The molecular formula is C19H29N3O2. The number of aliphatic hydroxyl groups is 1. The molecule has 5 heteroatoms. The average Bonchev–Trinajstić information content (AvgIpc) is 2.88. The molecule has 4 aliphatic carbocycles. The van der Waals surface area contributed by atoms with Crippen LogP contribution < -0.4 is 11.2 Å². The maximum Gasteiger partial charge on any atom is 0.332 e. The van der Waals surface area contributed by atoms with Gasteiger partial charge in [-0.25, -0.2) is 10.2 Å². The van der Waals surface area contributed by atoms with E-state index in [1.165, 1.54) is 31.3 Å². The lowest BCUT2D eigenvalue weighted by Crippen LogP contribution is -2.47. The number of amides is 2. The van der Waals surface area contributed by atoms with Gasteiger partial charge in [-0.05, 0) is 86.5 Å². The molecule has 3 fully saturated rings. The third-order valence-electron chi connectivity index (χ3n) is 7.58. The minimum absolute atomic E-state index is 0.0923. The molecule has 4 aliphatic rings. The van der Waals surface area contributed by atoms with E-state index in [4.69, 9.17) is 5.73 Å². The normalized spacial score (nSPS) is 45.8. The van der Waals surface area contributed by atoms with Crippen LogP contribution in [0.1, 0.15) is 58.3 Å². The first kappa shape index (κ1) is 16.1. The van der Waals surface area contributed by atoms with Crippen LogP contribution in [0.25, 0.3) is 0 Å². The number of allylic oxidation sites excluding steroid dienone is 2. The molecule has 0 aliphatic heterocycles. The van der Waals surface area contributed by atoms with Crippen molar-refractivity contribution in [2.24, 2.45) is 39.9 Å². The number of nitrogens with one attached hydrogen (secondary N) is 1. The molecule has 0 aromatic rings. The molecule has 5 nitrogen and oxygen atoms in total. The third-order valence-corrected chi connectivity index (χ3v) is 7.58. The van der Waals surface area contributed by atoms with Crippen LogP contribution in [0.15, 0.2) is 16.8 Å². The van der Waals surface area contributed by atoms with Gasteiger partial charge in [0.2, 0.25) is 0 Å². The van der Waals surface area contributed by atoms with Gasteiger partial charge in [0.25, 0.3) is 0 Å². The second-order valence-corrected chi connectivity index (χ2v) is 8.55. The number of fused-ring (bicyclic) bond motifs is 5. The SMILES string of the molecule is C[C@]12CC[C@H]3[C@@H](CCC4=C/C(=N/NC(N)=O)CC[C@@H]43)[C@@H]1CC[C@@H]2O. The minimum atomic E-state index is -0.599. The van der Waals surface area contributed by atoms with Gasteiger partial charge in [0.15, 0.2) is 0 Å². The maximum absolute atomic E-state index is 10.8. The largest absolute Gasteiger partial charge is 0.393 e. The van der Waals surface area contributed by atoms with E-state index in [-0.39, 0.29) is 11.5 Å². The van der Waals surface area contributed by atoms with E-state index in [1.807, 2.05) is 0 Å². The van der Waals surface area contributed by atoms with Crippen molar-refractivity contribution in [2.75, 3.05) is 0 Å². The highest BCUT2D eigenvalue weighted by Gasteiger charge is 2.55. The Morgan fingerprint density at radius 3 is 2.88 bits per heavy atom. The van der Waals surface area contributed by atoms with E-state index in [0.29, 0.717) is 11.8 Å². The predicted molar refractivity (Wildman–Crippen MR) is 93.2 cm³/mol. The van der Waals surface area contributed by atoms with E-state index in [9.17, 15) is 9.90 Å². The van der Waals surface area contributed by atoms with Crippen LogP contribution in [0.4, 0.5) is 4.79 Å². The molecule has 0 aromatic carbocycles. The number of hydrogen-bond donors (Lipinski definition) is 3. The Morgan fingerprint density at radius 2 is 2.08 bits per heavy atom. The Morgan fingerprint density at radius 1 is 1.25 bits per heavy atom. The third kappa shape index (κ3) is 2.48. The molecule has 0 spiro atoms. The Hall–Kier alpha value is -1.36. The number of hydrazone groups is 1. The molecule has 0 bridgehead atoms. The summed E-state index contributed by atoms with van der Waals surface area (Å²) in [6.07, 6.45) is 11.2. The number of primary amides is 1. The van der Waals surface area contributed by atoms with Crippen LogP contribution in [0.3, 0.4) is 0 Å². The number of nitrogens with two attached hydrogens (primary N) is 1. The second-order valence-electron chi connectivity index (χ2n) is 8.55. The number of urea groups is 1. The van der Waals surface area contributed by atoms with Crippen molar-refractivity contribution in [2.45, 2.75) is 64.4 Å².